The summed E-state index contributed by atoms with van der Waals surface area (Å²) in [6.07, 6.45) is -5.50. The van der Waals surface area contributed by atoms with Crippen molar-refractivity contribution in [1.82, 2.24) is 4.90 Å². The van der Waals surface area contributed by atoms with E-state index >= 15 is 0 Å². The molecule has 0 unspecified atom stereocenters. The fourth-order valence-electron chi connectivity index (χ4n) is 1.06. The number of nitrogens with zero attached hydrogens (tertiary/aromatic N) is 1. The summed E-state index contributed by atoms with van der Waals surface area (Å²) in [7, 11) is -0.970. The summed E-state index contributed by atoms with van der Waals surface area (Å²) in [5.41, 5.74) is 0. The largest absolute Gasteiger partial charge is 0.440 e. The predicted octanol–water partition coefficient (Wildman–Crippen LogP) is 0.750. The number of carbonyl (C=O) groups is 1. The number of alkyl halides is 3. The number of rotatable bonds is 1. The van der Waals surface area contributed by atoms with Gasteiger partial charge in [0.1, 0.15) is 0 Å². The third-order valence-corrected chi connectivity index (χ3v) is 3.07. The number of hydrogen-bond acceptors (Lipinski definition) is 3. The molecule has 1 aliphatic rings. The Morgan fingerprint density at radius 2 is 1.87 bits per heavy atom. The van der Waals surface area contributed by atoms with Gasteiger partial charge in [0.25, 0.3) is 0 Å². The highest BCUT2D eigenvalue weighted by Crippen LogP contribution is 2.15. The van der Waals surface area contributed by atoms with E-state index in [1.807, 2.05) is 0 Å². The van der Waals surface area contributed by atoms with Crippen LogP contribution in [0, 0.1) is 0 Å². The molecule has 1 fully saturated rings. The van der Waals surface area contributed by atoms with Crippen molar-refractivity contribution < 1.29 is 26.9 Å². The van der Waals surface area contributed by atoms with E-state index < -0.39 is 29.7 Å². The third-order valence-electron chi connectivity index (χ3n) is 1.80. The average Bonchev–Trinajstić information content (AvgIpc) is 2.14. The fraction of sp³-hybridized carbons (Fsp3) is 0.857. The summed E-state index contributed by atoms with van der Waals surface area (Å²) >= 11 is 0. The normalized spacial score (nSPS) is 19.0. The summed E-state index contributed by atoms with van der Waals surface area (Å²) < 4.78 is 50.0. The Morgan fingerprint density at radius 3 is 2.33 bits per heavy atom. The molecule has 1 saturated heterocycles. The van der Waals surface area contributed by atoms with Crippen molar-refractivity contribution in [2.24, 2.45) is 0 Å². The molecule has 0 saturated carbocycles. The zero-order valence-electron chi connectivity index (χ0n) is 7.75. The quantitative estimate of drug-likeness (QED) is 0.685. The van der Waals surface area contributed by atoms with Crippen LogP contribution in [-0.2, 0) is 15.5 Å². The second kappa shape index (κ2) is 4.82. The molecule has 4 nitrogen and oxygen atoms in total. The summed E-state index contributed by atoms with van der Waals surface area (Å²) in [5, 5.41) is 0. The number of ether oxygens (including phenoxy) is 1. The van der Waals surface area contributed by atoms with Crippen LogP contribution in [0.5, 0.6) is 0 Å². The van der Waals surface area contributed by atoms with Crippen molar-refractivity contribution in [2.45, 2.75) is 6.18 Å². The van der Waals surface area contributed by atoms with Gasteiger partial charge < -0.3 is 9.64 Å². The van der Waals surface area contributed by atoms with Crippen molar-refractivity contribution in [1.29, 1.82) is 0 Å². The van der Waals surface area contributed by atoms with Gasteiger partial charge in [0.05, 0.1) is 0 Å². The molecule has 0 aliphatic carbocycles. The molecular weight excluding hydrogens is 235 g/mol. The van der Waals surface area contributed by atoms with Gasteiger partial charge >= 0.3 is 12.3 Å². The van der Waals surface area contributed by atoms with Crippen LogP contribution in [-0.4, -0.2) is 52.6 Å². The highest BCUT2D eigenvalue weighted by atomic mass is 32.2. The van der Waals surface area contributed by atoms with E-state index in [4.69, 9.17) is 0 Å². The van der Waals surface area contributed by atoms with E-state index in [0.29, 0.717) is 11.5 Å². The molecule has 0 aromatic rings. The smallest absolute Gasteiger partial charge is 0.422 e. The first kappa shape index (κ1) is 12.3. The Bertz CT molecular complexity index is 259. The zero-order chi connectivity index (χ0) is 11.5. The van der Waals surface area contributed by atoms with Crippen LogP contribution in [0.4, 0.5) is 18.0 Å². The van der Waals surface area contributed by atoms with E-state index in [2.05, 4.69) is 4.74 Å². The van der Waals surface area contributed by atoms with Gasteiger partial charge in [-0.1, -0.05) is 0 Å². The van der Waals surface area contributed by atoms with Gasteiger partial charge in [-0.15, -0.1) is 0 Å². The Labute approximate surface area is 86.8 Å². The molecule has 1 rings (SSSR count). The van der Waals surface area contributed by atoms with Gasteiger partial charge in [0, 0.05) is 35.4 Å². The molecule has 8 heteroatoms. The molecule has 0 spiro atoms. The predicted molar refractivity (Wildman–Crippen MR) is 46.9 cm³/mol. The topological polar surface area (TPSA) is 46.6 Å². The van der Waals surface area contributed by atoms with Gasteiger partial charge in [-0.2, -0.15) is 13.2 Å². The maximum atomic E-state index is 11.7. The van der Waals surface area contributed by atoms with Crippen LogP contribution in [0.15, 0.2) is 0 Å². The summed E-state index contributed by atoms with van der Waals surface area (Å²) in [6, 6.07) is 0. The first-order valence-corrected chi connectivity index (χ1v) is 5.71. The van der Waals surface area contributed by atoms with Gasteiger partial charge in [0.15, 0.2) is 6.61 Å². The van der Waals surface area contributed by atoms with E-state index in [1.54, 1.807) is 0 Å². The maximum absolute atomic E-state index is 11.7. The van der Waals surface area contributed by atoms with Crippen LogP contribution in [0.25, 0.3) is 0 Å². The minimum atomic E-state index is -4.51. The van der Waals surface area contributed by atoms with Crippen LogP contribution in [0.2, 0.25) is 0 Å². The van der Waals surface area contributed by atoms with Gasteiger partial charge in [0.2, 0.25) is 0 Å². The molecule has 1 heterocycles. The lowest BCUT2D eigenvalue weighted by atomic mass is 10.5. The molecule has 0 atom stereocenters. The number of carbonyl (C=O) groups excluding carboxylic acids is 1. The Morgan fingerprint density at radius 1 is 1.33 bits per heavy atom. The lowest BCUT2D eigenvalue weighted by Gasteiger charge is -2.25. The summed E-state index contributed by atoms with van der Waals surface area (Å²) in [4.78, 5) is 12.2. The fourth-order valence-corrected chi connectivity index (χ4v) is 2.11. The minimum absolute atomic E-state index is 0.184. The van der Waals surface area contributed by atoms with Crippen LogP contribution < -0.4 is 0 Å². The molecule has 0 bridgehead atoms. The second-order valence-corrected chi connectivity index (χ2v) is 4.70. The van der Waals surface area contributed by atoms with E-state index in [1.165, 1.54) is 0 Å². The van der Waals surface area contributed by atoms with E-state index in [-0.39, 0.29) is 13.1 Å². The molecule has 0 aromatic heterocycles. The SMILES string of the molecule is O=C(OCC(F)(F)F)N1CCS(=O)CC1. The summed E-state index contributed by atoms with van der Waals surface area (Å²) in [6.45, 7) is -1.21. The zero-order valence-corrected chi connectivity index (χ0v) is 8.57. The lowest BCUT2D eigenvalue weighted by Crippen LogP contribution is -2.42. The van der Waals surface area contributed by atoms with E-state index in [9.17, 15) is 22.2 Å². The van der Waals surface area contributed by atoms with E-state index in [0.717, 1.165) is 4.90 Å². The minimum Gasteiger partial charge on any atom is -0.440 e. The van der Waals surface area contributed by atoms with Crippen molar-refractivity contribution in [3.05, 3.63) is 0 Å². The number of hydrogen-bond donors (Lipinski definition) is 0. The molecule has 88 valence electrons. The van der Waals surface area contributed by atoms with Crippen molar-refractivity contribution in [3.8, 4) is 0 Å². The Balaban J connectivity index is 2.31. The molecule has 1 aliphatic heterocycles. The maximum Gasteiger partial charge on any atom is 0.422 e. The van der Waals surface area contributed by atoms with Crippen molar-refractivity contribution in [2.75, 3.05) is 31.2 Å². The molecule has 0 aromatic carbocycles. The van der Waals surface area contributed by atoms with Crippen molar-refractivity contribution in [3.63, 3.8) is 0 Å². The molecule has 15 heavy (non-hydrogen) atoms. The number of halogens is 3. The van der Waals surface area contributed by atoms with Crippen LogP contribution in [0.3, 0.4) is 0 Å². The monoisotopic (exact) mass is 245 g/mol. The molecule has 0 radical (unpaired) electrons. The average molecular weight is 245 g/mol. The first-order valence-electron chi connectivity index (χ1n) is 4.22. The summed E-state index contributed by atoms with van der Waals surface area (Å²) in [5.74, 6) is 0.586. The highest BCUT2D eigenvalue weighted by molar-refractivity contribution is 7.85. The lowest BCUT2D eigenvalue weighted by molar-refractivity contribution is -0.162. The first-order chi connectivity index (χ1) is 6.88. The standard InChI is InChI=1S/C7H10F3NO3S/c8-7(9,10)5-14-6(12)11-1-3-15(13)4-2-11/h1-5H2. The van der Waals surface area contributed by atoms with Crippen LogP contribution in [0.1, 0.15) is 0 Å². The van der Waals surface area contributed by atoms with Crippen molar-refractivity contribution >= 4 is 16.9 Å². The second-order valence-electron chi connectivity index (χ2n) is 3.00. The Kier molecular flexibility index (Phi) is 3.95. The third kappa shape index (κ3) is 4.50. The van der Waals surface area contributed by atoms with Gasteiger partial charge in [-0.3, -0.25) is 4.21 Å². The molecular formula is C7H10F3NO3S. The molecule has 1 amide bonds. The molecule has 0 N–H and O–H groups in total. The van der Waals surface area contributed by atoms with Gasteiger partial charge in [-0.25, -0.2) is 4.79 Å². The van der Waals surface area contributed by atoms with Crippen LogP contribution >= 0.6 is 0 Å². The van der Waals surface area contributed by atoms with Gasteiger partial charge in [-0.05, 0) is 0 Å². The number of amides is 1. The highest BCUT2D eigenvalue weighted by Gasteiger charge is 2.31. The Hall–Kier alpha value is -0.790.